The monoisotopic (exact) mass is 579 g/mol. The van der Waals surface area contributed by atoms with Gasteiger partial charge in [0, 0.05) is 11.1 Å². The maximum absolute atomic E-state index is 13.5. The summed E-state index contributed by atoms with van der Waals surface area (Å²) in [6.07, 6.45) is 0.360. The lowest BCUT2D eigenvalue weighted by Crippen LogP contribution is -2.27. The molecule has 0 aliphatic heterocycles. The highest BCUT2D eigenvalue weighted by Gasteiger charge is 2.52. The second-order valence-corrected chi connectivity index (χ2v) is 16.9. The summed E-state index contributed by atoms with van der Waals surface area (Å²) >= 11 is 0. The minimum Gasteiger partial charge on any atom is -0.496 e. The number of halogens is 3. The quantitative estimate of drug-likeness (QED) is 0.196. The van der Waals surface area contributed by atoms with E-state index >= 15 is 0 Å². The lowest BCUT2D eigenvalue weighted by Gasteiger charge is -2.30. The van der Waals surface area contributed by atoms with Crippen LogP contribution in [-0.2, 0) is 25.1 Å². The van der Waals surface area contributed by atoms with Gasteiger partial charge in [-0.15, -0.1) is 0 Å². The molecule has 0 aromatic heterocycles. The molecule has 2 aliphatic carbocycles. The summed E-state index contributed by atoms with van der Waals surface area (Å²) in [7, 11) is -5.33. The van der Waals surface area contributed by atoms with Gasteiger partial charge in [0.1, 0.15) is 11.9 Å². The summed E-state index contributed by atoms with van der Waals surface area (Å²) in [6, 6.07) is 9.70. The van der Waals surface area contributed by atoms with Crippen molar-refractivity contribution in [3.05, 3.63) is 58.2 Å². The molecule has 0 amide bonds. The summed E-state index contributed by atoms with van der Waals surface area (Å²) < 4.78 is 75.8. The second kappa shape index (κ2) is 9.77. The highest BCUT2D eigenvalue weighted by atomic mass is 32.2. The summed E-state index contributed by atoms with van der Waals surface area (Å²) in [6.45, 7) is 16.9. The first-order valence-electron chi connectivity index (χ1n) is 13.2. The third-order valence-corrected chi connectivity index (χ3v) is 10.00. The van der Waals surface area contributed by atoms with Crippen molar-refractivity contribution < 1.29 is 30.5 Å². The SMILES string of the molecule is COc1c(C(C)(C)C)cc(-c2cccc3c2C([Si](C)C)=C(C2CC2)C3OS(=O)(=O)C(F)(F)F)cc1C(C)(C)C. The van der Waals surface area contributed by atoms with Gasteiger partial charge in [0.2, 0.25) is 0 Å². The van der Waals surface area contributed by atoms with Crippen molar-refractivity contribution in [2.75, 3.05) is 7.11 Å². The summed E-state index contributed by atoms with van der Waals surface area (Å²) in [5, 5.41) is 0.987. The minimum atomic E-state index is -5.79. The molecule has 1 atom stereocenters. The lowest BCUT2D eigenvalue weighted by atomic mass is 9.77. The topological polar surface area (TPSA) is 52.6 Å². The molecular weight excluding hydrogens is 541 g/mol. The predicted octanol–water partition coefficient (Wildman–Crippen LogP) is 8.34. The van der Waals surface area contributed by atoms with E-state index < -0.39 is 30.5 Å². The molecule has 1 radical (unpaired) electrons. The van der Waals surface area contributed by atoms with Crippen LogP contribution < -0.4 is 4.74 Å². The van der Waals surface area contributed by atoms with Gasteiger partial charge in [-0.2, -0.15) is 21.6 Å². The fraction of sp³-hybridized carbons (Fsp3) is 0.533. The Bertz CT molecular complexity index is 1390. The first kappa shape index (κ1) is 29.9. The van der Waals surface area contributed by atoms with Gasteiger partial charge in [0.25, 0.3) is 0 Å². The Morgan fingerprint density at radius 2 is 1.46 bits per heavy atom. The minimum absolute atomic E-state index is 0.0275. The molecular formula is C30H38F3O4SSi. The van der Waals surface area contributed by atoms with Crippen LogP contribution in [0.5, 0.6) is 5.75 Å². The zero-order chi connectivity index (χ0) is 29.3. The molecule has 0 N–H and O–H groups in total. The molecule has 4 rings (SSSR count). The normalized spacial score (nSPS) is 18.6. The largest absolute Gasteiger partial charge is 0.523 e. The van der Waals surface area contributed by atoms with Crippen LogP contribution in [0.1, 0.15) is 82.7 Å². The predicted molar refractivity (Wildman–Crippen MR) is 152 cm³/mol. The molecule has 0 saturated heterocycles. The van der Waals surface area contributed by atoms with E-state index in [-0.39, 0.29) is 16.7 Å². The molecule has 0 bridgehead atoms. The van der Waals surface area contributed by atoms with Gasteiger partial charge in [-0.05, 0) is 69.5 Å². The van der Waals surface area contributed by atoms with Crippen molar-refractivity contribution in [2.45, 2.75) is 89.9 Å². The molecule has 39 heavy (non-hydrogen) atoms. The standard InChI is InChI=1S/C30H38F3O4SSi/c1-28(2,3)21-15-18(16-22(26(21)36-7)29(4,5)6)19-11-10-12-20-24(19)27(39(8)9)23(17-13-14-17)25(20)37-38(34,35)30(31,32)33/h10-12,15-17,25H,13-14H2,1-9H3. The van der Waals surface area contributed by atoms with Crippen LogP contribution in [-0.4, -0.2) is 29.8 Å². The van der Waals surface area contributed by atoms with Crippen LogP contribution in [0.2, 0.25) is 13.1 Å². The number of hydrogen-bond acceptors (Lipinski definition) is 4. The lowest BCUT2D eigenvalue weighted by molar-refractivity contribution is -0.0564. The number of ether oxygens (including phenoxy) is 1. The maximum atomic E-state index is 13.5. The van der Waals surface area contributed by atoms with E-state index in [0.29, 0.717) is 11.1 Å². The average Bonchev–Trinajstić information content (AvgIpc) is 3.58. The number of methoxy groups -OCH3 is 1. The number of alkyl halides is 3. The third kappa shape index (κ3) is 5.46. The smallest absolute Gasteiger partial charge is 0.496 e. The molecule has 2 aliphatic rings. The molecule has 1 saturated carbocycles. The third-order valence-electron chi connectivity index (χ3n) is 7.44. The summed E-state index contributed by atoms with van der Waals surface area (Å²) in [5.74, 6) is 0.855. The van der Waals surface area contributed by atoms with Crippen molar-refractivity contribution in [2.24, 2.45) is 5.92 Å². The highest BCUT2D eigenvalue weighted by Crippen LogP contribution is 2.57. The fourth-order valence-corrected chi connectivity index (χ4v) is 7.77. The van der Waals surface area contributed by atoms with Gasteiger partial charge in [0.15, 0.2) is 0 Å². The van der Waals surface area contributed by atoms with Crippen molar-refractivity contribution in [3.63, 3.8) is 0 Å². The Morgan fingerprint density at radius 3 is 1.87 bits per heavy atom. The van der Waals surface area contributed by atoms with Crippen LogP contribution >= 0.6 is 0 Å². The molecule has 213 valence electrons. The fourth-order valence-electron chi connectivity index (χ4n) is 5.51. The summed E-state index contributed by atoms with van der Waals surface area (Å²) in [4.78, 5) is 0. The average molecular weight is 580 g/mol. The van der Waals surface area contributed by atoms with E-state index in [1.54, 1.807) is 19.2 Å². The van der Waals surface area contributed by atoms with Crippen LogP contribution in [0.3, 0.4) is 0 Å². The number of benzene rings is 2. The second-order valence-electron chi connectivity index (χ2n) is 12.9. The number of hydrogen-bond donors (Lipinski definition) is 0. The van der Waals surface area contributed by atoms with Crippen LogP contribution in [0.15, 0.2) is 35.9 Å². The molecule has 0 spiro atoms. The van der Waals surface area contributed by atoms with Crippen LogP contribution in [0.4, 0.5) is 13.2 Å². The van der Waals surface area contributed by atoms with Gasteiger partial charge >= 0.3 is 15.6 Å². The van der Waals surface area contributed by atoms with Gasteiger partial charge < -0.3 is 4.74 Å². The van der Waals surface area contributed by atoms with Crippen molar-refractivity contribution in [1.29, 1.82) is 0 Å². The highest BCUT2D eigenvalue weighted by molar-refractivity contribution is 7.87. The molecule has 0 heterocycles. The Morgan fingerprint density at radius 1 is 0.923 bits per heavy atom. The van der Waals surface area contributed by atoms with Crippen LogP contribution in [0.25, 0.3) is 16.3 Å². The van der Waals surface area contributed by atoms with E-state index in [0.717, 1.165) is 51.6 Å². The zero-order valence-corrected chi connectivity index (χ0v) is 25.9. The Hall–Kier alpha value is -2.10. The molecule has 9 heteroatoms. The zero-order valence-electron chi connectivity index (χ0n) is 24.1. The molecule has 1 fully saturated rings. The van der Waals surface area contributed by atoms with Crippen molar-refractivity contribution in [3.8, 4) is 16.9 Å². The molecule has 2 aromatic carbocycles. The van der Waals surface area contributed by atoms with E-state index in [4.69, 9.17) is 8.92 Å². The van der Waals surface area contributed by atoms with E-state index in [1.165, 1.54) is 0 Å². The van der Waals surface area contributed by atoms with Crippen molar-refractivity contribution >= 4 is 24.1 Å². The molecule has 4 nitrogen and oxygen atoms in total. The first-order chi connectivity index (χ1) is 17.8. The van der Waals surface area contributed by atoms with Gasteiger partial charge in [-0.25, -0.2) is 0 Å². The Kier molecular flexibility index (Phi) is 7.48. The number of rotatable bonds is 6. The van der Waals surface area contributed by atoms with E-state index in [9.17, 15) is 21.6 Å². The number of fused-ring (bicyclic) bond motifs is 1. The summed E-state index contributed by atoms with van der Waals surface area (Å²) in [5.41, 5.74) is -0.0813. The van der Waals surface area contributed by atoms with Crippen molar-refractivity contribution in [1.82, 2.24) is 0 Å². The molecule has 1 unspecified atom stereocenters. The van der Waals surface area contributed by atoms with Gasteiger partial charge in [-0.1, -0.05) is 78.0 Å². The van der Waals surface area contributed by atoms with E-state index in [2.05, 4.69) is 66.8 Å². The molecule has 2 aromatic rings. The Labute approximate surface area is 232 Å². The Balaban J connectivity index is 2.05. The van der Waals surface area contributed by atoms with Crippen LogP contribution in [0, 0.1) is 5.92 Å². The van der Waals surface area contributed by atoms with E-state index in [1.807, 2.05) is 6.07 Å². The van der Waals surface area contributed by atoms with Gasteiger partial charge in [0.05, 0.1) is 15.9 Å². The van der Waals surface area contributed by atoms with Gasteiger partial charge in [-0.3, -0.25) is 4.18 Å². The first-order valence-corrected chi connectivity index (χ1v) is 17.1. The maximum Gasteiger partial charge on any atom is 0.523 e.